The molecule has 0 aliphatic heterocycles. The summed E-state index contributed by atoms with van der Waals surface area (Å²) >= 11 is 0. The van der Waals surface area contributed by atoms with Crippen LogP contribution in [-0.4, -0.2) is 0 Å². The zero-order chi connectivity index (χ0) is 12.7. The molecule has 0 N–H and O–H groups in total. The Labute approximate surface area is 108 Å². The first-order valence-electron chi connectivity index (χ1n) is 7.46. The van der Waals surface area contributed by atoms with Gasteiger partial charge in [0, 0.05) is 0 Å². The fourth-order valence-electron chi connectivity index (χ4n) is 3.22. The molecule has 0 bridgehead atoms. The number of hydrogen-bond acceptors (Lipinski definition) is 0. The third-order valence-corrected chi connectivity index (χ3v) is 4.74. The standard InChI is InChI=1S/C17H30/c1-5-14(4)8-11-16(7-3)17-12-9-15(6-2)10-13-17/h5-6,14-17H,1-2,7-13H2,3-4H3. The van der Waals surface area contributed by atoms with Gasteiger partial charge < -0.3 is 0 Å². The summed E-state index contributed by atoms with van der Waals surface area (Å²) < 4.78 is 0. The Bertz CT molecular complexity index is 220. The molecule has 1 fully saturated rings. The van der Waals surface area contributed by atoms with Crippen LogP contribution in [0.4, 0.5) is 0 Å². The fraction of sp³-hybridized carbons (Fsp3) is 0.765. The molecule has 17 heavy (non-hydrogen) atoms. The first-order chi connectivity index (χ1) is 8.21. The van der Waals surface area contributed by atoms with Crippen LogP contribution in [0.15, 0.2) is 25.3 Å². The number of allylic oxidation sites excluding steroid dienone is 2. The molecule has 0 aromatic carbocycles. The van der Waals surface area contributed by atoms with E-state index in [1.165, 1.54) is 44.9 Å². The van der Waals surface area contributed by atoms with Crippen LogP contribution in [0.3, 0.4) is 0 Å². The molecule has 2 atom stereocenters. The van der Waals surface area contributed by atoms with Crippen molar-refractivity contribution in [1.29, 1.82) is 0 Å². The molecule has 0 amide bonds. The molecule has 1 rings (SSSR count). The van der Waals surface area contributed by atoms with E-state index >= 15 is 0 Å². The molecule has 0 radical (unpaired) electrons. The number of hydrogen-bond donors (Lipinski definition) is 0. The lowest BCUT2D eigenvalue weighted by atomic mass is 9.73. The molecule has 0 aromatic heterocycles. The van der Waals surface area contributed by atoms with Crippen molar-refractivity contribution < 1.29 is 0 Å². The largest absolute Gasteiger partial charge is 0.103 e. The summed E-state index contributed by atoms with van der Waals surface area (Å²) in [5.74, 6) is 3.42. The zero-order valence-electron chi connectivity index (χ0n) is 11.8. The van der Waals surface area contributed by atoms with Crippen LogP contribution in [0.1, 0.15) is 58.8 Å². The molecular formula is C17H30. The van der Waals surface area contributed by atoms with Gasteiger partial charge in [0.25, 0.3) is 0 Å². The van der Waals surface area contributed by atoms with Crippen LogP contribution >= 0.6 is 0 Å². The predicted octanol–water partition coefficient (Wildman–Crippen LogP) is 5.61. The molecule has 0 saturated heterocycles. The van der Waals surface area contributed by atoms with E-state index < -0.39 is 0 Å². The van der Waals surface area contributed by atoms with Crippen LogP contribution in [0, 0.1) is 23.7 Å². The summed E-state index contributed by atoms with van der Waals surface area (Å²) in [6.45, 7) is 12.5. The van der Waals surface area contributed by atoms with Crippen molar-refractivity contribution in [3.63, 3.8) is 0 Å². The molecular weight excluding hydrogens is 204 g/mol. The maximum atomic E-state index is 3.93. The normalized spacial score (nSPS) is 28.4. The van der Waals surface area contributed by atoms with Crippen molar-refractivity contribution in [3.05, 3.63) is 25.3 Å². The lowest BCUT2D eigenvalue weighted by Gasteiger charge is -2.33. The first kappa shape index (κ1) is 14.5. The van der Waals surface area contributed by atoms with E-state index in [4.69, 9.17) is 0 Å². The predicted molar refractivity (Wildman–Crippen MR) is 78.0 cm³/mol. The van der Waals surface area contributed by atoms with Gasteiger partial charge in [0.15, 0.2) is 0 Å². The summed E-state index contributed by atoms with van der Waals surface area (Å²) in [4.78, 5) is 0. The molecule has 0 heterocycles. The van der Waals surface area contributed by atoms with Crippen molar-refractivity contribution in [1.82, 2.24) is 0 Å². The van der Waals surface area contributed by atoms with E-state index in [0.29, 0.717) is 5.92 Å². The second-order valence-electron chi connectivity index (χ2n) is 5.87. The van der Waals surface area contributed by atoms with Gasteiger partial charge in [0.05, 0.1) is 0 Å². The Morgan fingerprint density at radius 3 is 2.24 bits per heavy atom. The van der Waals surface area contributed by atoms with E-state index in [1.54, 1.807) is 0 Å². The molecule has 0 aromatic rings. The van der Waals surface area contributed by atoms with Crippen molar-refractivity contribution in [3.8, 4) is 0 Å². The highest BCUT2D eigenvalue weighted by molar-refractivity contribution is 4.86. The van der Waals surface area contributed by atoms with Gasteiger partial charge in [0.2, 0.25) is 0 Å². The van der Waals surface area contributed by atoms with Crippen molar-refractivity contribution in [2.45, 2.75) is 58.8 Å². The molecule has 98 valence electrons. The fourth-order valence-corrected chi connectivity index (χ4v) is 3.22. The van der Waals surface area contributed by atoms with Crippen molar-refractivity contribution >= 4 is 0 Å². The van der Waals surface area contributed by atoms with Crippen LogP contribution in [-0.2, 0) is 0 Å². The summed E-state index contributed by atoms with van der Waals surface area (Å²) in [7, 11) is 0. The SMILES string of the molecule is C=CC(C)CCC(CC)C1CCC(C=C)CC1. The highest BCUT2D eigenvalue weighted by atomic mass is 14.3. The first-order valence-corrected chi connectivity index (χ1v) is 7.46. The molecule has 1 saturated carbocycles. The summed E-state index contributed by atoms with van der Waals surface area (Å²) in [6, 6.07) is 0. The summed E-state index contributed by atoms with van der Waals surface area (Å²) in [5, 5.41) is 0. The Morgan fingerprint density at radius 2 is 1.76 bits per heavy atom. The van der Waals surface area contributed by atoms with Gasteiger partial charge >= 0.3 is 0 Å². The van der Waals surface area contributed by atoms with Crippen LogP contribution in [0.25, 0.3) is 0 Å². The minimum Gasteiger partial charge on any atom is -0.103 e. The minimum absolute atomic E-state index is 0.688. The monoisotopic (exact) mass is 234 g/mol. The molecule has 0 heteroatoms. The van der Waals surface area contributed by atoms with E-state index in [0.717, 1.165) is 17.8 Å². The van der Waals surface area contributed by atoms with Gasteiger partial charge in [-0.05, 0) is 62.2 Å². The summed E-state index contributed by atoms with van der Waals surface area (Å²) in [6.07, 6.45) is 13.9. The molecule has 1 aliphatic rings. The molecule has 0 spiro atoms. The van der Waals surface area contributed by atoms with Crippen LogP contribution < -0.4 is 0 Å². The second-order valence-corrected chi connectivity index (χ2v) is 5.87. The summed E-state index contributed by atoms with van der Waals surface area (Å²) in [5.41, 5.74) is 0. The van der Waals surface area contributed by atoms with E-state index in [1.807, 2.05) is 0 Å². The van der Waals surface area contributed by atoms with Gasteiger partial charge in [-0.1, -0.05) is 32.4 Å². The highest BCUT2D eigenvalue weighted by Gasteiger charge is 2.25. The van der Waals surface area contributed by atoms with Crippen LogP contribution in [0.2, 0.25) is 0 Å². The average Bonchev–Trinajstić information content (AvgIpc) is 2.39. The van der Waals surface area contributed by atoms with Gasteiger partial charge in [-0.2, -0.15) is 0 Å². The maximum Gasteiger partial charge on any atom is -0.0236 e. The lowest BCUT2D eigenvalue weighted by molar-refractivity contribution is 0.202. The van der Waals surface area contributed by atoms with Crippen molar-refractivity contribution in [2.75, 3.05) is 0 Å². The maximum absolute atomic E-state index is 3.93. The third-order valence-electron chi connectivity index (χ3n) is 4.74. The van der Waals surface area contributed by atoms with E-state index in [2.05, 4.69) is 39.2 Å². The van der Waals surface area contributed by atoms with Gasteiger partial charge in [-0.3, -0.25) is 0 Å². The smallest absolute Gasteiger partial charge is 0.0236 e. The van der Waals surface area contributed by atoms with E-state index in [9.17, 15) is 0 Å². The Hall–Kier alpha value is -0.520. The zero-order valence-corrected chi connectivity index (χ0v) is 11.8. The van der Waals surface area contributed by atoms with Gasteiger partial charge in [-0.25, -0.2) is 0 Å². The average molecular weight is 234 g/mol. The van der Waals surface area contributed by atoms with Gasteiger partial charge in [-0.15, -0.1) is 13.2 Å². The molecule has 1 aliphatic carbocycles. The highest BCUT2D eigenvalue weighted by Crippen LogP contribution is 2.37. The molecule has 2 unspecified atom stereocenters. The third kappa shape index (κ3) is 4.69. The quantitative estimate of drug-likeness (QED) is 0.502. The van der Waals surface area contributed by atoms with Gasteiger partial charge in [0.1, 0.15) is 0 Å². The molecule has 0 nitrogen and oxygen atoms in total. The van der Waals surface area contributed by atoms with E-state index in [-0.39, 0.29) is 0 Å². The second kappa shape index (κ2) is 7.74. The topological polar surface area (TPSA) is 0 Å². The minimum atomic E-state index is 0.688. The Morgan fingerprint density at radius 1 is 1.12 bits per heavy atom. The Balaban J connectivity index is 2.35. The lowest BCUT2D eigenvalue weighted by Crippen LogP contribution is -2.21. The Kier molecular flexibility index (Phi) is 6.62. The van der Waals surface area contributed by atoms with Crippen molar-refractivity contribution in [2.24, 2.45) is 23.7 Å². The van der Waals surface area contributed by atoms with Crippen LogP contribution in [0.5, 0.6) is 0 Å². The number of rotatable bonds is 7.